The van der Waals surface area contributed by atoms with Crippen LogP contribution in [0.2, 0.25) is 0 Å². The molecular formula is C52H34N2. The summed E-state index contributed by atoms with van der Waals surface area (Å²) in [7, 11) is 0. The number of hydrogen-bond donors (Lipinski definition) is 0. The van der Waals surface area contributed by atoms with Gasteiger partial charge in [0.15, 0.2) is 5.82 Å². The van der Waals surface area contributed by atoms with E-state index in [4.69, 9.17) is 9.97 Å². The number of nitrogens with zero attached hydrogens (tertiary/aromatic N) is 2. The molecule has 1 aromatic heterocycles. The van der Waals surface area contributed by atoms with Gasteiger partial charge in [-0.05, 0) is 90.0 Å². The number of aromatic nitrogens is 2. The normalized spacial score (nSPS) is 11.3. The van der Waals surface area contributed by atoms with Gasteiger partial charge in [0.1, 0.15) is 0 Å². The highest BCUT2D eigenvalue weighted by molar-refractivity contribution is 6.25. The zero-order chi connectivity index (χ0) is 35.8. The van der Waals surface area contributed by atoms with Crippen molar-refractivity contribution in [3.63, 3.8) is 0 Å². The fourth-order valence-corrected chi connectivity index (χ4v) is 7.84. The van der Waals surface area contributed by atoms with Gasteiger partial charge in [-0.2, -0.15) is 0 Å². The van der Waals surface area contributed by atoms with Crippen molar-refractivity contribution in [1.29, 1.82) is 0 Å². The third kappa shape index (κ3) is 5.71. The summed E-state index contributed by atoms with van der Waals surface area (Å²) in [4.78, 5) is 10.5. The predicted molar refractivity (Wildman–Crippen MR) is 227 cm³/mol. The highest BCUT2D eigenvalue weighted by Crippen LogP contribution is 2.39. The zero-order valence-electron chi connectivity index (χ0n) is 29.5. The van der Waals surface area contributed by atoms with E-state index in [0.717, 1.165) is 44.8 Å². The summed E-state index contributed by atoms with van der Waals surface area (Å²) in [6.45, 7) is 0. The van der Waals surface area contributed by atoms with Crippen molar-refractivity contribution in [1.82, 2.24) is 9.97 Å². The molecule has 0 spiro atoms. The minimum absolute atomic E-state index is 0.696. The van der Waals surface area contributed by atoms with E-state index in [2.05, 4.69) is 200 Å². The van der Waals surface area contributed by atoms with Gasteiger partial charge in [-0.1, -0.05) is 182 Å². The first-order valence-corrected chi connectivity index (χ1v) is 18.4. The summed E-state index contributed by atoms with van der Waals surface area (Å²) in [6, 6.07) is 73.4. The van der Waals surface area contributed by atoms with Gasteiger partial charge in [-0.25, -0.2) is 9.97 Å². The van der Waals surface area contributed by atoms with Crippen molar-refractivity contribution in [3.05, 3.63) is 206 Å². The van der Waals surface area contributed by atoms with Gasteiger partial charge < -0.3 is 0 Å². The molecule has 1 heterocycles. The molecule has 0 unspecified atom stereocenters. The second-order valence-corrected chi connectivity index (χ2v) is 13.8. The molecule has 0 aliphatic carbocycles. The Labute approximate surface area is 314 Å². The van der Waals surface area contributed by atoms with E-state index in [0.29, 0.717) is 5.82 Å². The van der Waals surface area contributed by atoms with Crippen LogP contribution in [0.4, 0.5) is 0 Å². The second-order valence-electron chi connectivity index (χ2n) is 13.8. The van der Waals surface area contributed by atoms with Crippen molar-refractivity contribution in [2.75, 3.05) is 0 Å². The van der Waals surface area contributed by atoms with E-state index in [1.54, 1.807) is 0 Å². The van der Waals surface area contributed by atoms with Crippen LogP contribution in [-0.4, -0.2) is 9.97 Å². The van der Waals surface area contributed by atoms with Gasteiger partial charge in [0.2, 0.25) is 0 Å². The van der Waals surface area contributed by atoms with E-state index < -0.39 is 0 Å². The Morgan fingerprint density at radius 1 is 0.222 bits per heavy atom. The molecule has 0 aliphatic rings. The first kappa shape index (κ1) is 31.6. The van der Waals surface area contributed by atoms with Crippen LogP contribution >= 0.6 is 0 Å². The molecule has 10 rings (SSSR count). The van der Waals surface area contributed by atoms with Crippen molar-refractivity contribution in [2.24, 2.45) is 0 Å². The SMILES string of the molecule is c1ccc(-c2cccc(-c3cc(-c4ccccc4)nc(-c4ccccc4-c4cccc(-c5ccc6c7ccccc7c7ccccc7c6c5)c4)n3)c2)cc1. The summed E-state index contributed by atoms with van der Waals surface area (Å²) in [6.07, 6.45) is 0. The fraction of sp³-hybridized carbons (Fsp3) is 0. The minimum Gasteiger partial charge on any atom is -0.228 e. The standard InChI is InChI=1S/C52H34N2/c1-3-15-35(16-4-1)37-19-14-22-41(32-37)51-34-50(36-17-5-2-6-18-36)53-52(54-51)48-28-12-7-23-42(48)40-21-13-20-38(31-40)39-29-30-47-45-26-9-8-24-43(45)44-25-10-11-27-46(44)49(47)33-39/h1-34H. The molecule has 252 valence electrons. The van der Waals surface area contributed by atoms with Crippen LogP contribution in [0.5, 0.6) is 0 Å². The molecule has 0 atom stereocenters. The number of hydrogen-bond acceptors (Lipinski definition) is 2. The highest BCUT2D eigenvalue weighted by Gasteiger charge is 2.16. The Morgan fingerprint density at radius 3 is 1.31 bits per heavy atom. The van der Waals surface area contributed by atoms with Crippen LogP contribution in [0.15, 0.2) is 206 Å². The van der Waals surface area contributed by atoms with Crippen LogP contribution in [0.3, 0.4) is 0 Å². The summed E-state index contributed by atoms with van der Waals surface area (Å²) in [5, 5.41) is 7.67. The molecule has 2 heteroatoms. The number of fused-ring (bicyclic) bond motifs is 6. The minimum atomic E-state index is 0.696. The fourth-order valence-electron chi connectivity index (χ4n) is 7.84. The molecule has 0 bridgehead atoms. The van der Waals surface area contributed by atoms with Crippen LogP contribution in [0.25, 0.3) is 99.6 Å². The average molecular weight is 687 g/mol. The molecule has 0 amide bonds. The zero-order valence-corrected chi connectivity index (χ0v) is 29.5. The molecule has 0 fully saturated rings. The summed E-state index contributed by atoms with van der Waals surface area (Å²) >= 11 is 0. The van der Waals surface area contributed by atoms with Gasteiger partial charge in [0.05, 0.1) is 11.4 Å². The van der Waals surface area contributed by atoms with Gasteiger partial charge in [-0.3, -0.25) is 0 Å². The predicted octanol–water partition coefficient (Wildman–Crippen LogP) is 13.9. The molecular weight excluding hydrogens is 653 g/mol. The van der Waals surface area contributed by atoms with E-state index in [9.17, 15) is 0 Å². The maximum absolute atomic E-state index is 5.28. The maximum atomic E-state index is 5.28. The summed E-state index contributed by atoms with van der Waals surface area (Å²) < 4.78 is 0. The lowest BCUT2D eigenvalue weighted by atomic mass is 9.91. The number of rotatable bonds is 6. The first-order valence-electron chi connectivity index (χ1n) is 18.4. The van der Waals surface area contributed by atoms with E-state index >= 15 is 0 Å². The molecule has 0 saturated heterocycles. The molecule has 10 aromatic rings. The lowest BCUT2D eigenvalue weighted by Gasteiger charge is -2.14. The smallest absolute Gasteiger partial charge is 0.161 e. The Kier molecular flexibility index (Phi) is 7.85. The van der Waals surface area contributed by atoms with Gasteiger partial charge in [0.25, 0.3) is 0 Å². The quantitative estimate of drug-likeness (QED) is 0.163. The monoisotopic (exact) mass is 686 g/mol. The molecule has 2 nitrogen and oxygen atoms in total. The molecule has 0 radical (unpaired) electrons. The molecule has 0 aliphatic heterocycles. The lowest BCUT2D eigenvalue weighted by molar-refractivity contribution is 1.18. The molecule has 9 aromatic carbocycles. The molecule has 0 N–H and O–H groups in total. The van der Waals surface area contributed by atoms with E-state index in [-0.39, 0.29) is 0 Å². The Bertz CT molecular complexity index is 2950. The van der Waals surface area contributed by atoms with Crippen LogP contribution in [0, 0.1) is 0 Å². The van der Waals surface area contributed by atoms with E-state index in [1.165, 1.54) is 49.0 Å². The average Bonchev–Trinajstić information content (AvgIpc) is 3.27. The Balaban J connectivity index is 1.10. The third-order valence-electron chi connectivity index (χ3n) is 10.5. The second kappa shape index (κ2) is 13.4. The van der Waals surface area contributed by atoms with Crippen LogP contribution in [0.1, 0.15) is 0 Å². The Morgan fingerprint density at radius 2 is 0.648 bits per heavy atom. The van der Waals surface area contributed by atoms with Crippen molar-refractivity contribution >= 4 is 32.3 Å². The van der Waals surface area contributed by atoms with Gasteiger partial charge in [-0.15, -0.1) is 0 Å². The Hall–Kier alpha value is -7.16. The molecule has 54 heavy (non-hydrogen) atoms. The lowest BCUT2D eigenvalue weighted by Crippen LogP contribution is -1.97. The highest BCUT2D eigenvalue weighted by atomic mass is 14.9. The topological polar surface area (TPSA) is 25.8 Å². The largest absolute Gasteiger partial charge is 0.228 e. The van der Waals surface area contributed by atoms with Gasteiger partial charge >= 0.3 is 0 Å². The van der Waals surface area contributed by atoms with Crippen LogP contribution < -0.4 is 0 Å². The summed E-state index contributed by atoms with van der Waals surface area (Å²) in [5.41, 5.74) is 11.8. The number of benzene rings is 9. The van der Waals surface area contributed by atoms with Crippen molar-refractivity contribution < 1.29 is 0 Å². The van der Waals surface area contributed by atoms with Crippen molar-refractivity contribution in [2.45, 2.75) is 0 Å². The maximum Gasteiger partial charge on any atom is 0.161 e. The molecule has 0 saturated carbocycles. The summed E-state index contributed by atoms with van der Waals surface area (Å²) in [5.74, 6) is 0.696. The first-order chi connectivity index (χ1) is 26.8. The third-order valence-corrected chi connectivity index (χ3v) is 10.5. The van der Waals surface area contributed by atoms with E-state index in [1.807, 2.05) is 6.07 Å². The van der Waals surface area contributed by atoms with Gasteiger partial charge in [0, 0.05) is 16.7 Å². The van der Waals surface area contributed by atoms with Crippen LogP contribution in [-0.2, 0) is 0 Å². The van der Waals surface area contributed by atoms with Crippen molar-refractivity contribution in [3.8, 4) is 67.3 Å².